The quantitative estimate of drug-likeness (QED) is 0.519. The molecule has 0 bridgehead atoms. The minimum atomic E-state index is -4.12. The molecule has 0 saturated carbocycles. The second kappa shape index (κ2) is 8.31. The molecule has 148 valence electrons. The first-order valence-electron chi connectivity index (χ1n) is 8.67. The number of aryl methyl sites for hydroxylation is 1. The van der Waals surface area contributed by atoms with Crippen molar-refractivity contribution >= 4 is 15.7 Å². The van der Waals surface area contributed by atoms with Gasteiger partial charge in [-0.25, -0.2) is 17.5 Å². The van der Waals surface area contributed by atoms with Crippen molar-refractivity contribution in [3.63, 3.8) is 0 Å². The lowest BCUT2D eigenvalue weighted by Crippen LogP contribution is -2.45. The maximum absolute atomic E-state index is 13.3. The molecule has 0 aliphatic heterocycles. The van der Waals surface area contributed by atoms with Gasteiger partial charge in [-0.2, -0.15) is 0 Å². The zero-order valence-electron chi connectivity index (χ0n) is 16.2. The van der Waals surface area contributed by atoms with E-state index >= 15 is 0 Å². The van der Waals surface area contributed by atoms with Crippen LogP contribution in [0.1, 0.15) is 18.2 Å². The lowest BCUT2D eigenvalue weighted by molar-refractivity contribution is 0.585. The molecule has 1 aromatic carbocycles. The van der Waals surface area contributed by atoms with Gasteiger partial charge in [0.1, 0.15) is 5.69 Å². The molecule has 28 heavy (non-hydrogen) atoms. The van der Waals surface area contributed by atoms with Crippen LogP contribution in [0, 0.1) is 19.3 Å². The lowest BCUT2D eigenvalue weighted by atomic mass is 10.2. The maximum Gasteiger partial charge on any atom is 0.331 e. The zero-order chi connectivity index (χ0) is 21.1. The molecule has 2 rings (SSSR count). The Hall–Kier alpha value is -3.05. The highest BCUT2D eigenvalue weighted by molar-refractivity contribution is 7.92. The van der Waals surface area contributed by atoms with E-state index in [4.69, 9.17) is 6.42 Å². The van der Waals surface area contributed by atoms with E-state index in [9.17, 15) is 18.0 Å². The van der Waals surface area contributed by atoms with E-state index in [0.717, 1.165) is 14.4 Å². The summed E-state index contributed by atoms with van der Waals surface area (Å²) in [5.74, 6) is 2.31. The van der Waals surface area contributed by atoms with E-state index in [2.05, 4.69) is 12.5 Å². The molecule has 0 spiro atoms. The standard InChI is InChI=1S/C20H23N3O4S/c1-6-9-17-18(19(24)21(5)20(25)22(17)8-3)23(14-7-2)28(26,27)16-12-10-15(4)11-13-16/h2,6,10-13H,1,8-9,14H2,3-5H3. The molecule has 0 amide bonds. The van der Waals surface area contributed by atoms with Crippen LogP contribution < -0.4 is 15.6 Å². The van der Waals surface area contributed by atoms with Gasteiger partial charge in [-0.1, -0.05) is 29.7 Å². The minimum absolute atomic E-state index is 0.00852. The zero-order valence-corrected chi connectivity index (χ0v) is 17.0. The second-order valence-corrected chi connectivity index (χ2v) is 8.07. The van der Waals surface area contributed by atoms with E-state index in [0.29, 0.717) is 0 Å². The van der Waals surface area contributed by atoms with Crippen molar-refractivity contribution in [1.82, 2.24) is 9.13 Å². The van der Waals surface area contributed by atoms with Gasteiger partial charge in [-0.3, -0.25) is 13.9 Å². The van der Waals surface area contributed by atoms with Crippen LogP contribution in [0.2, 0.25) is 0 Å². The molecule has 0 unspecified atom stereocenters. The highest BCUT2D eigenvalue weighted by Crippen LogP contribution is 2.24. The van der Waals surface area contributed by atoms with E-state index in [1.165, 1.54) is 29.8 Å². The summed E-state index contributed by atoms with van der Waals surface area (Å²) in [6, 6.07) is 6.25. The molecular weight excluding hydrogens is 378 g/mol. The van der Waals surface area contributed by atoms with Crippen LogP contribution in [0.5, 0.6) is 0 Å². The number of anilines is 1. The monoisotopic (exact) mass is 401 g/mol. The Morgan fingerprint density at radius 3 is 2.36 bits per heavy atom. The van der Waals surface area contributed by atoms with Gasteiger partial charge >= 0.3 is 5.69 Å². The second-order valence-electron chi connectivity index (χ2n) is 6.21. The van der Waals surface area contributed by atoms with Gasteiger partial charge in [0.05, 0.1) is 17.1 Å². The van der Waals surface area contributed by atoms with Gasteiger partial charge in [0.25, 0.3) is 15.6 Å². The number of benzene rings is 1. The third-order valence-electron chi connectivity index (χ3n) is 4.37. The van der Waals surface area contributed by atoms with E-state index in [1.54, 1.807) is 19.1 Å². The summed E-state index contributed by atoms with van der Waals surface area (Å²) in [6.07, 6.45) is 7.07. The van der Waals surface area contributed by atoms with Crippen molar-refractivity contribution in [3.05, 3.63) is 69.0 Å². The van der Waals surface area contributed by atoms with Crippen LogP contribution >= 0.6 is 0 Å². The molecule has 0 saturated heterocycles. The van der Waals surface area contributed by atoms with Gasteiger partial charge < -0.3 is 0 Å². The fraction of sp³-hybridized carbons (Fsp3) is 0.300. The molecule has 0 fully saturated rings. The number of aromatic nitrogens is 2. The third kappa shape index (κ3) is 3.66. The molecule has 0 aliphatic rings. The highest BCUT2D eigenvalue weighted by Gasteiger charge is 2.30. The molecule has 1 aromatic heterocycles. The molecule has 0 radical (unpaired) electrons. The summed E-state index contributed by atoms with van der Waals surface area (Å²) >= 11 is 0. The van der Waals surface area contributed by atoms with Gasteiger partial charge in [-0.05, 0) is 26.0 Å². The van der Waals surface area contributed by atoms with Crippen LogP contribution in [0.3, 0.4) is 0 Å². The fourth-order valence-corrected chi connectivity index (χ4v) is 4.32. The van der Waals surface area contributed by atoms with Gasteiger partial charge in [0.15, 0.2) is 0 Å². The van der Waals surface area contributed by atoms with Gasteiger partial charge in [-0.15, -0.1) is 13.0 Å². The van der Waals surface area contributed by atoms with Crippen LogP contribution in [0.4, 0.5) is 5.69 Å². The Balaban J connectivity index is 2.90. The first kappa shape index (κ1) is 21.3. The van der Waals surface area contributed by atoms with Crippen molar-refractivity contribution in [2.45, 2.75) is 31.7 Å². The fourth-order valence-electron chi connectivity index (χ4n) is 2.92. The average molecular weight is 401 g/mol. The van der Waals surface area contributed by atoms with Crippen LogP contribution in [-0.4, -0.2) is 24.1 Å². The predicted octanol–water partition coefficient (Wildman–Crippen LogP) is 1.43. The predicted molar refractivity (Wildman–Crippen MR) is 110 cm³/mol. The smallest absolute Gasteiger partial charge is 0.295 e. The number of terminal acetylenes is 1. The number of nitrogens with zero attached hydrogens (tertiary/aromatic N) is 3. The molecule has 0 aliphatic carbocycles. The third-order valence-corrected chi connectivity index (χ3v) is 6.13. The Labute approximate surface area is 164 Å². The summed E-state index contributed by atoms with van der Waals surface area (Å²) in [7, 11) is -2.81. The van der Waals surface area contributed by atoms with Crippen LogP contribution in [0.15, 0.2) is 51.4 Å². The summed E-state index contributed by atoms with van der Waals surface area (Å²) in [5, 5.41) is 0. The highest BCUT2D eigenvalue weighted by atomic mass is 32.2. The first-order chi connectivity index (χ1) is 13.2. The SMILES string of the molecule is C#CCN(c1c(CC=C)n(CC)c(=O)n(C)c1=O)S(=O)(=O)c1ccc(C)cc1. The number of hydrogen-bond donors (Lipinski definition) is 0. The van der Waals surface area contributed by atoms with Crippen molar-refractivity contribution in [2.24, 2.45) is 7.05 Å². The summed E-state index contributed by atoms with van der Waals surface area (Å²) in [5.41, 5.74) is -0.233. The largest absolute Gasteiger partial charge is 0.331 e. The topological polar surface area (TPSA) is 81.4 Å². The van der Waals surface area contributed by atoms with Crippen molar-refractivity contribution < 1.29 is 8.42 Å². The number of allylic oxidation sites excluding steroid dienone is 1. The average Bonchev–Trinajstić information content (AvgIpc) is 2.66. The van der Waals surface area contributed by atoms with Crippen molar-refractivity contribution in [1.29, 1.82) is 0 Å². The Morgan fingerprint density at radius 2 is 1.86 bits per heavy atom. The molecule has 7 nitrogen and oxygen atoms in total. The van der Waals surface area contributed by atoms with E-state index < -0.39 is 21.3 Å². The molecule has 8 heteroatoms. The molecular formula is C20H23N3O4S. The van der Waals surface area contributed by atoms with Crippen molar-refractivity contribution in [3.8, 4) is 12.3 Å². The Bertz CT molecular complexity index is 1150. The molecule has 2 aromatic rings. The van der Waals surface area contributed by atoms with Crippen LogP contribution in [0.25, 0.3) is 0 Å². The maximum atomic E-state index is 13.3. The summed E-state index contributed by atoms with van der Waals surface area (Å²) < 4.78 is 29.8. The number of rotatable bonds is 7. The number of sulfonamides is 1. The minimum Gasteiger partial charge on any atom is -0.295 e. The van der Waals surface area contributed by atoms with Crippen LogP contribution in [-0.2, 0) is 30.0 Å². The molecule has 1 heterocycles. The number of hydrogen-bond acceptors (Lipinski definition) is 4. The summed E-state index contributed by atoms with van der Waals surface area (Å²) in [6.45, 7) is 7.15. The van der Waals surface area contributed by atoms with E-state index in [-0.39, 0.29) is 35.8 Å². The lowest BCUT2D eigenvalue weighted by Gasteiger charge is -2.26. The Kier molecular flexibility index (Phi) is 6.31. The Morgan fingerprint density at radius 1 is 1.25 bits per heavy atom. The normalized spacial score (nSPS) is 11.1. The van der Waals surface area contributed by atoms with E-state index in [1.807, 2.05) is 6.92 Å². The first-order valence-corrected chi connectivity index (χ1v) is 10.1. The molecule has 0 atom stereocenters. The van der Waals surface area contributed by atoms with Gasteiger partial charge in [0, 0.05) is 20.0 Å². The molecule has 0 N–H and O–H groups in total. The van der Waals surface area contributed by atoms with Crippen molar-refractivity contribution in [2.75, 3.05) is 10.8 Å². The summed E-state index contributed by atoms with van der Waals surface area (Å²) in [4.78, 5) is 25.4. The van der Waals surface area contributed by atoms with Gasteiger partial charge in [0.2, 0.25) is 0 Å².